The lowest BCUT2D eigenvalue weighted by atomic mass is 10.0. The Morgan fingerprint density at radius 2 is 2.16 bits per heavy atom. The number of likely N-dealkylation sites (tertiary alicyclic amines) is 1. The van der Waals surface area contributed by atoms with Crippen molar-refractivity contribution in [2.45, 2.75) is 51.1 Å². The number of rotatable bonds is 4. The van der Waals surface area contributed by atoms with Crippen molar-refractivity contribution in [3.05, 3.63) is 18.2 Å². The van der Waals surface area contributed by atoms with Crippen molar-refractivity contribution in [2.75, 3.05) is 26.2 Å². The molecule has 2 aliphatic rings. The Hall–Kier alpha value is -0.870. The Morgan fingerprint density at radius 3 is 2.84 bits per heavy atom. The fourth-order valence-corrected chi connectivity index (χ4v) is 3.56. The monoisotopic (exact) mass is 262 g/mol. The summed E-state index contributed by atoms with van der Waals surface area (Å²) >= 11 is 0. The molecule has 2 aliphatic heterocycles. The third-order valence-electron chi connectivity index (χ3n) is 4.60. The number of hydrogen-bond donors (Lipinski definition) is 1. The molecule has 1 N–H and O–H groups in total. The van der Waals surface area contributed by atoms with Crippen molar-refractivity contribution in [1.29, 1.82) is 0 Å². The molecule has 0 aliphatic carbocycles. The van der Waals surface area contributed by atoms with Crippen LogP contribution in [0.15, 0.2) is 12.5 Å². The Labute approximate surface area is 116 Å². The summed E-state index contributed by atoms with van der Waals surface area (Å²) in [7, 11) is 0. The highest BCUT2D eigenvalue weighted by atomic mass is 15.2. The summed E-state index contributed by atoms with van der Waals surface area (Å²) in [5.41, 5.74) is 1.41. The van der Waals surface area contributed by atoms with Gasteiger partial charge in [-0.3, -0.25) is 0 Å². The van der Waals surface area contributed by atoms with Gasteiger partial charge in [0, 0.05) is 31.4 Å². The average Bonchev–Trinajstić information content (AvgIpc) is 3.11. The van der Waals surface area contributed by atoms with Crippen LogP contribution < -0.4 is 5.32 Å². The van der Waals surface area contributed by atoms with Crippen molar-refractivity contribution in [2.24, 2.45) is 0 Å². The molecule has 1 unspecified atom stereocenters. The number of piperidine rings is 1. The van der Waals surface area contributed by atoms with E-state index in [0.717, 1.165) is 6.54 Å². The predicted octanol–water partition coefficient (Wildman–Crippen LogP) is 2.35. The maximum Gasteiger partial charge on any atom is 0.0951 e. The van der Waals surface area contributed by atoms with Gasteiger partial charge in [0.2, 0.25) is 0 Å². The Morgan fingerprint density at radius 1 is 1.32 bits per heavy atom. The van der Waals surface area contributed by atoms with Gasteiger partial charge in [0.05, 0.1) is 12.0 Å². The number of aromatic nitrogens is 2. The lowest BCUT2D eigenvalue weighted by Crippen LogP contribution is -2.35. The Kier molecular flexibility index (Phi) is 4.18. The lowest BCUT2D eigenvalue weighted by Gasteiger charge is -2.33. The average molecular weight is 262 g/mol. The molecule has 2 fully saturated rings. The molecule has 0 amide bonds. The zero-order chi connectivity index (χ0) is 13.1. The molecule has 4 heteroatoms. The molecule has 19 heavy (non-hydrogen) atoms. The van der Waals surface area contributed by atoms with Crippen molar-refractivity contribution < 1.29 is 0 Å². The van der Waals surface area contributed by atoms with E-state index >= 15 is 0 Å². The molecular formula is C15H26N4. The fraction of sp³-hybridized carbons (Fsp3) is 0.800. The normalized spacial score (nSPS) is 26.1. The van der Waals surface area contributed by atoms with Gasteiger partial charge in [0.15, 0.2) is 0 Å². The summed E-state index contributed by atoms with van der Waals surface area (Å²) in [5.74, 6) is 0. The fourth-order valence-electron chi connectivity index (χ4n) is 3.56. The minimum atomic E-state index is 0.538. The van der Waals surface area contributed by atoms with Gasteiger partial charge in [-0.2, -0.15) is 0 Å². The van der Waals surface area contributed by atoms with Gasteiger partial charge in [0.25, 0.3) is 0 Å². The number of imidazole rings is 1. The first kappa shape index (κ1) is 13.1. The lowest BCUT2D eigenvalue weighted by molar-refractivity contribution is 0.184. The van der Waals surface area contributed by atoms with E-state index in [1.165, 1.54) is 57.4 Å². The van der Waals surface area contributed by atoms with Crippen molar-refractivity contribution in [1.82, 2.24) is 19.8 Å². The standard InChI is InChI=1S/C15H26N4/c1-2-8-18-9-5-13(6-10-18)19-12-16-11-15(19)14-4-3-7-17-14/h11-14,17H,2-10H2,1H3. The minimum absolute atomic E-state index is 0.538. The van der Waals surface area contributed by atoms with Crippen LogP contribution in [0.5, 0.6) is 0 Å². The largest absolute Gasteiger partial charge is 0.330 e. The van der Waals surface area contributed by atoms with Gasteiger partial charge in [0.1, 0.15) is 0 Å². The van der Waals surface area contributed by atoms with Crippen LogP contribution >= 0.6 is 0 Å². The second-order valence-corrected chi connectivity index (χ2v) is 5.95. The summed E-state index contributed by atoms with van der Waals surface area (Å²) in [6.45, 7) is 7.17. The van der Waals surface area contributed by atoms with Gasteiger partial charge < -0.3 is 14.8 Å². The van der Waals surface area contributed by atoms with Gasteiger partial charge in [-0.1, -0.05) is 6.92 Å². The van der Waals surface area contributed by atoms with Crippen molar-refractivity contribution in [3.8, 4) is 0 Å². The van der Waals surface area contributed by atoms with Gasteiger partial charge >= 0.3 is 0 Å². The van der Waals surface area contributed by atoms with Crippen molar-refractivity contribution in [3.63, 3.8) is 0 Å². The maximum absolute atomic E-state index is 4.41. The second kappa shape index (κ2) is 6.06. The molecule has 106 valence electrons. The molecule has 3 rings (SSSR count). The van der Waals surface area contributed by atoms with E-state index in [-0.39, 0.29) is 0 Å². The smallest absolute Gasteiger partial charge is 0.0951 e. The molecule has 2 saturated heterocycles. The minimum Gasteiger partial charge on any atom is -0.330 e. The highest BCUT2D eigenvalue weighted by Crippen LogP contribution is 2.29. The van der Waals surface area contributed by atoms with Crippen LogP contribution in [0, 0.1) is 0 Å². The predicted molar refractivity (Wildman–Crippen MR) is 77.2 cm³/mol. The summed E-state index contributed by atoms with van der Waals surface area (Å²) in [6, 6.07) is 1.20. The van der Waals surface area contributed by atoms with Crippen LogP contribution in [0.25, 0.3) is 0 Å². The van der Waals surface area contributed by atoms with Crippen LogP contribution in [0.3, 0.4) is 0 Å². The molecule has 1 aromatic heterocycles. The van der Waals surface area contributed by atoms with E-state index in [9.17, 15) is 0 Å². The molecule has 1 atom stereocenters. The zero-order valence-electron chi connectivity index (χ0n) is 12.0. The third-order valence-corrected chi connectivity index (χ3v) is 4.60. The first-order valence-corrected chi connectivity index (χ1v) is 7.86. The highest BCUT2D eigenvalue weighted by Gasteiger charge is 2.25. The SMILES string of the molecule is CCCN1CCC(n2cncc2C2CCCN2)CC1. The van der Waals surface area contributed by atoms with E-state index in [1.54, 1.807) is 0 Å². The molecular weight excluding hydrogens is 236 g/mol. The molecule has 4 nitrogen and oxygen atoms in total. The summed E-state index contributed by atoms with van der Waals surface area (Å²) in [5, 5.41) is 3.60. The van der Waals surface area contributed by atoms with Gasteiger partial charge in [-0.15, -0.1) is 0 Å². The van der Waals surface area contributed by atoms with Crippen LogP contribution in [-0.4, -0.2) is 40.6 Å². The number of nitrogens with one attached hydrogen (secondary N) is 1. The summed E-state index contributed by atoms with van der Waals surface area (Å²) in [6.07, 6.45) is 10.5. The van der Waals surface area contributed by atoms with E-state index in [2.05, 4.69) is 39.2 Å². The summed E-state index contributed by atoms with van der Waals surface area (Å²) < 4.78 is 2.45. The van der Waals surface area contributed by atoms with Crippen LogP contribution in [0.2, 0.25) is 0 Å². The number of hydrogen-bond acceptors (Lipinski definition) is 3. The first-order valence-electron chi connectivity index (χ1n) is 7.86. The molecule has 3 heterocycles. The van der Waals surface area contributed by atoms with Crippen LogP contribution in [-0.2, 0) is 0 Å². The molecule has 0 radical (unpaired) electrons. The molecule has 0 saturated carbocycles. The Balaban J connectivity index is 1.65. The molecule has 0 spiro atoms. The quantitative estimate of drug-likeness (QED) is 0.904. The molecule has 0 aromatic carbocycles. The van der Waals surface area contributed by atoms with Gasteiger partial charge in [-0.05, 0) is 45.2 Å². The number of nitrogens with zero attached hydrogens (tertiary/aromatic N) is 3. The van der Waals surface area contributed by atoms with Crippen molar-refractivity contribution >= 4 is 0 Å². The molecule has 0 bridgehead atoms. The van der Waals surface area contributed by atoms with Crippen LogP contribution in [0.4, 0.5) is 0 Å². The second-order valence-electron chi connectivity index (χ2n) is 5.95. The Bertz CT molecular complexity index is 387. The molecule has 1 aromatic rings. The topological polar surface area (TPSA) is 33.1 Å². The van der Waals surface area contributed by atoms with E-state index < -0.39 is 0 Å². The highest BCUT2D eigenvalue weighted by molar-refractivity contribution is 5.09. The zero-order valence-corrected chi connectivity index (χ0v) is 12.0. The van der Waals surface area contributed by atoms with E-state index in [4.69, 9.17) is 0 Å². The van der Waals surface area contributed by atoms with Crippen LogP contribution in [0.1, 0.15) is 56.8 Å². The third kappa shape index (κ3) is 2.84. The van der Waals surface area contributed by atoms with E-state index in [0.29, 0.717) is 12.1 Å². The first-order chi connectivity index (χ1) is 9.38. The summed E-state index contributed by atoms with van der Waals surface area (Å²) in [4.78, 5) is 7.00. The van der Waals surface area contributed by atoms with E-state index in [1.807, 2.05) is 0 Å². The van der Waals surface area contributed by atoms with Gasteiger partial charge in [-0.25, -0.2) is 4.98 Å². The maximum atomic E-state index is 4.41.